The summed E-state index contributed by atoms with van der Waals surface area (Å²) in [4.78, 5) is 25.2. The second kappa shape index (κ2) is 11.2. The quantitative estimate of drug-likeness (QED) is 0.618. The van der Waals surface area contributed by atoms with Gasteiger partial charge in [-0.15, -0.1) is 0 Å². The summed E-state index contributed by atoms with van der Waals surface area (Å²) in [6.07, 6.45) is 2.02. The number of amides is 2. The monoisotopic (exact) mass is 359 g/mol. The molecule has 0 aliphatic heterocycles. The normalized spacial score (nSPS) is 12.0. The van der Waals surface area contributed by atoms with Crippen molar-refractivity contribution in [3.8, 4) is 0 Å². The predicted octanol–water partition coefficient (Wildman–Crippen LogP) is 3.14. The number of alkyl carbamates (subject to hydrolysis) is 2. The Morgan fingerprint density at radius 3 is 1.60 bits per heavy atom. The molecule has 0 aromatic heterocycles. The summed E-state index contributed by atoms with van der Waals surface area (Å²) in [6, 6.07) is 0. The lowest BCUT2D eigenvalue weighted by Gasteiger charge is -2.20. The molecule has 0 rings (SSSR count). The van der Waals surface area contributed by atoms with E-state index in [1.807, 2.05) is 41.5 Å². The highest BCUT2D eigenvalue weighted by atomic mass is 16.6. The minimum atomic E-state index is -0.464. The molecule has 0 unspecified atom stereocenters. The fraction of sp³-hybridized carbons (Fsp3) is 0.889. The van der Waals surface area contributed by atoms with Crippen molar-refractivity contribution in [1.29, 1.82) is 0 Å². The van der Waals surface area contributed by atoms with Crippen molar-refractivity contribution in [1.82, 2.24) is 15.5 Å². The molecule has 2 N–H and O–H groups in total. The molecule has 0 atom stereocenters. The number of carbonyl (C=O) groups excluding carboxylic acids is 2. The molecule has 0 aliphatic rings. The zero-order valence-corrected chi connectivity index (χ0v) is 17.0. The van der Waals surface area contributed by atoms with Gasteiger partial charge in [-0.2, -0.15) is 0 Å². The predicted molar refractivity (Wildman–Crippen MR) is 99.8 cm³/mol. The standard InChI is InChI=1S/C18H37N3O4/c1-17(2,3)24-15(22)19-11-8-9-13-21(7)14-10-12-20-16(23)25-18(4,5)6/h8-14H2,1-7H3,(H,19,22)(H,20,23). The first-order valence-corrected chi connectivity index (χ1v) is 9.01. The fourth-order valence-electron chi connectivity index (χ4n) is 1.98. The van der Waals surface area contributed by atoms with Crippen LogP contribution in [0.5, 0.6) is 0 Å². The summed E-state index contributed by atoms with van der Waals surface area (Å²) in [5, 5.41) is 5.51. The topological polar surface area (TPSA) is 79.9 Å². The molecule has 2 amide bonds. The summed E-state index contributed by atoms with van der Waals surface area (Å²) in [5.41, 5.74) is -0.925. The molecule has 7 nitrogen and oxygen atoms in total. The number of hydrogen-bond acceptors (Lipinski definition) is 5. The van der Waals surface area contributed by atoms with E-state index in [1.54, 1.807) is 0 Å². The van der Waals surface area contributed by atoms with Gasteiger partial charge in [0.1, 0.15) is 11.2 Å². The molecule has 0 heterocycles. The lowest BCUT2D eigenvalue weighted by Crippen LogP contribution is -2.34. The summed E-state index contributed by atoms with van der Waals surface area (Å²) in [7, 11) is 2.05. The number of hydrogen-bond donors (Lipinski definition) is 2. The SMILES string of the molecule is CN(CCCCNC(=O)OC(C)(C)C)CCCNC(=O)OC(C)(C)C. The first-order valence-electron chi connectivity index (χ1n) is 9.01. The van der Waals surface area contributed by atoms with Crippen LogP contribution in [0.1, 0.15) is 60.8 Å². The van der Waals surface area contributed by atoms with Crippen molar-refractivity contribution in [2.24, 2.45) is 0 Å². The number of nitrogens with zero attached hydrogens (tertiary/aromatic N) is 1. The van der Waals surface area contributed by atoms with Crippen LogP contribution in [0.15, 0.2) is 0 Å². The molecule has 0 saturated heterocycles. The number of unbranched alkanes of at least 4 members (excludes halogenated alkanes) is 1. The molecular weight excluding hydrogens is 322 g/mol. The van der Waals surface area contributed by atoms with Crippen LogP contribution >= 0.6 is 0 Å². The maximum absolute atomic E-state index is 11.5. The molecule has 0 saturated carbocycles. The maximum Gasteiger partial charge on any atom is 0.407 e. The van der Waals surface area contributed by atoms with Crippen LogP contribution in [0, 0.1) is 0 Å². The molecule has 148 valence electrons. The molecule has 25 heavy (non-hydrogen) atoms. The highest BCUT2D eigenvalue weighted by Gasteiger charge is 2.16. The number of nitrogens with one attached hydrogen (secondary N) is 2. The lowest BCUT2D eigenvalue weighted by atomic mass is 10.2. The van der Waals surface area contributed by atoms with Gasteiger partial charge in [-0.25, -0.2) is 9.59 Å². The van der Waals surface area contributed by atoms with Crippen LogP contribution in [0.25, 0.3) is 0 Å². The maximum atomic E-state index is 11.5. The van der Waals surface area contributed by atoms with E-state index >= 15 is 0 Å². The number of rotatable bonds is 9. The zero-order chi connectivity index (χ0) is 19.5. The Morgan fingerprint density at radius 1 is 0.760 bits per heavy atom. The van der Waals surface area contributed by atoms with Gasteiger partial charge in [0.15, 0.2) is 0 Å². The molecule has 0 aliphatic carbocycles. The Balaban J connectivity index is 3.58. The average molecular weight is 360 g/mol. The Morgan fingerprint density at radius 2 is 1.16 bits per heavy atom. The van der Waals surface area contributed by atoms with E-state index in [0.29, 0.717) is 13.1 Å². The van der Waals surface area contributed by atoms with E-state index in [0.717, 1.165) is 32.4 Å². The van der Waals surface area contributed by atoms with E-state index in [4.69, 9.17) is 9.47 Å². The highest BCUT2D eigenvalue weighted by Crippen LogP contribution is 2.07. The zero-order valence-electron chi connectivity index (χ0n) is 17.0. The van der Waals surface area contributed by atoms with Gasteiger partial charge in [0.2, 0.25) is 0 Å². The van der Waals surface area contributed by atoms with Gasteiger partial charge < -0.3 is 25.0 Å². The third-order valence-corrected chi connectivity index (χ3v) is 3.02. The molecule has 0 radical (unpaired) electrons. The summed E-state index contributed by atoms with van der Waals surface area (Å²) in [5.74, 6) is 0. The van der Waals surface area contributed by atoms with Crippen LogP contribution in [-0.2, 0) is 9.47 Å². The third-order valence-electron chi connectivity index (χ3n) is 3.02. The van der Waals surface area contributed by atoms with E-state index in [-0.39, 0.29) is 12.2 Å². The van der Waals surface area contributed by atoms with Crippen molar-refractivity contribution in [3.05, 3.63) is 0 Å². The first-order chi connectivity index (χ1) is 11.4. The van der Waals surface area contributed by atoms with E-state index in [9.17, 15) is 9.59 Å². The summed E-state index contributed by atoms with van der Waals surface area (Å²) >= 11 is 0. The van der Waals surface area contributed by atoms with Crippen LogP contribution < -0.4 is 10.6 Å². The number of ether oxygens (including phenoxy) is 2. The van der Waals surface area contributed by atoms with Gasteiger partial charge in [0.05, 0.1) is 0 Å². The van der Waals surface area contributed by atoms with Gasteiger partial charge in [-0.3, -0.25) is 0 Å². The largest absolute Gasteiger partial charge is 0.444 e. The average Bonchev–Trinajstić information content (AvgIpc) is 2.39. The van der Waals surface area contributed by atoms with Gasteiger partial charge in [-0.05, 0) is 80.9 Å². The van der Waals surface area contributed by atoms with E-state index < -0.39 is 11.2 Å². The van der Waals surface area contributed by atoms with Crippen LogP contribution in [0.4, 0.5) is 9.59 Å². The van der Waals surface area contributed by atoms with Crippen molar-refractivity contribution < 1.29 is 19.1 Å². The second-order valence-corrected chi connectivity index (χ2v) is 8.22. The fourth-order valence-corrected chi connectivity index (χ4v) is 1.98. The minimum absolute atomic E-state index is 0.367. The van der Waals surface area contributed by atoms with Gasteiger partial charge in [-0.1, -0.05) is 0 Å². The Hall–Kier alpha value is -1.50. The Kier molecular flexibility index (Phi) is 10.5. The van der Waals surface area contributed by atoms with E-state index in [1.165, 1.54) is 0 Å². The van der Waals surface area contributed by atoms with E-state index in [2.05, 4.69) is 22.6 Å². The van der Waals surface area contributed by atoms with Crippen LogP contribution in [0.2, 0.25) is 0 Å². The van der Waals surface area contributed by atoms with Gasteiger partial charge in [0.25, 0.3) is 0 Å². The lowest BCUT2D eigenvalue weighted by molar-refractivity contribution is 0.0513. The van der Waals surface area contributed by atoms with Crippen LogP contribution in [0.3, 0.4) is 0 Å². The molecule has 0 aromatic carbocycles. The second-order valence-electron chi connectivity index (χ2n) is 8.22. The van der Waals surface area contributed by atoms with Crippen molar-refractivity contribution >= 4 is 12.2 Å². The summed E-state index contributed by atoms with van der Waals surface area (Å²) in [6.45, 7) is 14.1. The molecule has 0 fully saturated rings. The van der Waals surface area contributed by atoms with Gasteiger partial charge >= 0.3 is 12.2 Å². The Bertz CT molecular complexity index is 400. The molecule has 0 aromatic rings. The molecule has 7 heteroatoms. The van der Waals surface area contributed by atoms with Crippen molar-refractivity contribution in [2.45, 2.75) is 72.0 Å². The smallest absolute Gasteiger partial charge is 0.407 e. The number of carbonyl (C=O) groups is 2. The Labute approximate surface area is 152 Å². The highest BCUT2D eigenvalue weighted by molar-refractivity contribution is 5.67. The van der Waals surface area contributed by atoms with Crippen molar-refractivity contribution in [3.63, 3.8) is 0 Å². The van der Waals surface area contributed by atoms with Crippen LogP contribution in [-0.4, -0.2) is 61.5 Å². The molecule has 0 spiro atoms. The third kappa shape index (κ3) is 17.1. The first kappa shape index (κ1) is 23.5. The molecular formula is C18H37N3O4. The summed E-state index contributed by atoms with van der Waals surface area (Å²) < 4.78 is 10.4. The van der Waals surface area contributed by atoms with Gasteiger partial charge in [0, 0.05) is 13.1 Å². The molecule has 0 bridgehead atoms. The van der Waals surface area contributed by atoms with Crippen molar-refractivity contribution in [2.75, 3.05) is 33.2 Å². The minimum Gasteiger partial charge on any atom is -0.444 e.